The Hall–Kier alpha value is -0.175. The first-order valence-electron chi connectivity index (χ1n) is 7.46. The maximum Gasteiger partial charge on any atom is 0.238 e. The van der Waals surface area contributed by atoms with Gasteiger partial charge < -0.3 is 23.4 Å². The van der Waals surface area contributed by atoms with Crippen molar-refractivity contribution < 1.29 is 18.5 Å². The van der Waals surface area contributed by atoms with E-state index in [2.05, 4.69) is 11.8 Å². The van der Waals surface area contributed by atoms with Crippen molar-refractivity contribution in [1.82, 2.24) is 0 Å². The van der Waals surface area contributed by atoms with Crippen LogP contribution >= 0.6 is 8.38 Å². The summed E-state index contributed by atoms with van der Waals surface area (Å²) in [5, 5.41) is 0. The Morgan fingerprint density at radius 2 is 2.10 bits per heavy atom. The first-order valence-corrected chi connectivity index (χ1v) is 9.09. The van der Waals surface area contributed by atoms with Gasteiger partial charge in [0.2, 0.25) is 6.54 Å². The normalized spacial score (nSPS) is 31.8. The monoisotopic (exact) mass is 313 g/mol. The molecule has 1 aliphatic rings. The van der Waals surface area contributed by atoms with Gasteiger partial charge in [-0.25, -0.2) is 6.57 Å². The lowest BCUT2D eigenvalue weighted by molar-refractivity contribution is -0.0515. The van der Waals surface area contributed by atoms with Crippen molar-refractivity contribution >= 4 is 16.2 Å². The van der Waals surface area contributed by atoms with Gasteiger partial charge >= 0.3 is 0 Å². The van der Waals surface area contributed by atoms with Crippen LogP contribution in [0.4, 0.5) is 0 Å². The van der Waals surface area contributed by atoms with Crippen LogP contribution in [0.5, 0.6) is 0 Å². The minimum atomic E-state index is -1.07. The average Bonchev–Trinajstić information content (AvgIpc) is 2.75. The van der Waals surface area contributed by atoms with E-state index in [9.17, 15) is 0 Å². The van der Waals surface area contributed by atoms with Crippen LogP contribution in [0.25, 0.3) is 4.85 Å². The molecule has 0 bridgehead atoms. The highest BCUT2D eigenvalue weighted by Gasteiger charge is 2.44. The van der Waals surface area contributed by atoms with Crippen molar-refractivity contribution in [2.45, 2.75) is 64.0 Å². The van der Waals surface area contributed by atoms with Crippen LogP contribution in [0, 0.1) is 6.57 Å². The van der Waals surface area contributed by atoms with E-state index in [1.807, 2.05) is 20.5 Å². The van der Waals surface area contributed by atoms with E-state index in [-0.39, 0.29) is 24.4 Å². The molecule has 0 aromatic heterocycles. The Morgan fingerprint density at radius 1 is 1.38 bits per heavy atom. The van der Waals surface area contributed by atoms with Crippen LogP contribution in [-0.4, -0.2) is 58.1 Å². The summed E-state index contributed by atoms with van der Waals surface area (Å²) in [4.78, 5) is 3.26. The molecule has 1 aliphatic heterocycles. The topological polar surface area (TPSA) is 41.3 Å². The standard InChI is InChI=1S/C14H25BNO4P/c1-6-10(3)18-13-12(11(7-2)19-14(13)15)20-21(5)17-9-8-16-4/h10-14H,6-9H2,1-3,5H3/t10?,11-,12?,13+,14-,21?/m1/s1. The number of nitrogens with zero attached hydrogens (tertiary/aromatic N) is 1. The number of hydrogen-bond acceptors (Lipinski definition) is 4. The van der Waals surface area contributed by atoms with Crippen LogP contribution in [0.2, 0.25) is 0 Å². The molecule has 3 unspecified atom stereocenters. The van der Waals surface area contributed by atoms with Crippen LogP contribution in [0.15, 0.2) is 0 Å². The fourth-order valence-corrected chi connectivity index (χ4v) is 3.15. The van der Waals surface area contributed by atoms with Gasteiger partial charge in [-0.2, -0.15) is 0 Å². The smallest absolute Gasteiger partial charge is 0.238 e. The summed E-state index contributed by atoms with van der Waals surface area (Å²) in [6.07, 6.45) is 1.25. The van der Waals surface area contributed by atoms with Gasteiger partial charge in [0.05, 0.1) is 12.2 Å². The molecule has 0 aromatic rings. The molecule has 7 heteroatoms. The second kappa shape index (κ2) is 9.76. The maximum atomic E-state index is 6.74. The van der Waals surface area contributed by atoms with Gasteiger partial charge in [-0.3, -0.25) is 0 Å². The van der Waals surface area contributed by atoms with Gasteiger partial charge in [0.1, 0.15) is 26.7 Å². The molecule has 0 saturated carbocycles. The van der Waals surface area contributed by atoms with E-state index >= 15 is 0 Å². The molecule has 5 nitrogen and oxygen atoms in total. The molecule has 118 valence electrons. The van der Waals surface area contributed by atoms with Gasteiger partial charge in [0.15, 0.2) is 8.38 Å². The molecule has 1 saturated heterocycles. The Kier molecular flexibility index (Phi) is 8.77. The Morgan fingerprint density at radius 3 is 2.67 bits per heavy atom. The van der Waals surface area contributed by atoms with E-state index in [0.717, 1.165) is 12.8 Å². The molecular formula is C14H25BNO4P. The highest BCUT2D eigenvalue weighted by Crippen LogP contribution is 2.41. The van der Waals surface area contributed by atoms with Gasteiger partial charge in [-0.15, -0.1) is 0 Å². The zero-order chi connectivity index (χ0) is 15.8. The molecule has 0 spiro atoms. The van der Waals surface area contributed by atoms with E-state index in [1.165, 1.54) is 0 Å². The molecule has 1 rings (SSSR count). The molecule has 2 radical (unpaired) electrons. The summed E-state index contributed by atoms with van der Waals surface area (Å²) < 4.78 is 23.2. The van der Waals surface area contributed by atoms with Crippen molar-refractivity contribution in [1.29, 1.82) is 0 Å². The minimum absolute atomic E-state index is 0.0801. The molecule has 0 aliphatic carbocycles. The third-order valence-electron chi connectivity index (χ3n) is 3.46. The van der Waals surface area contributed by atoms with E-state index in [1.54, 1.807) is 0 Å². The van der Waals surface area contributed by atoms with Crippen molar-refractivity contribution in [3.63, 3.8) is 0 Å². The average molecular weight is 313 g/mol. The second-order valence-electron chi connectivity index (χ2n) is 5.09. The number of rotatable bonds is 9. The largest absolute Gasteiger partial charge is 0.379 e. The second-order valence-corrected chi connectivity index (χ2v) is 6.44. The predicted molar refractivity (Wildman–Crippen MR) is 84.5 cm³/mol. The third kappa shape index (κ3) is 5.85. The lowest BCUT2D eigenvalue weighted by atomic mass is 9.92. The molecule has 6 atom stereocenters. The minimum Gasteiger partial charge on any atom is -0.379 e. The summed E-state index contributed by atoms with van der Waals surface area (Å²) >= 11 is 0. The Balaban J connectivity index is 2.61. The fourth-order valence-electron chi connectivity index (χ4n) is 2.15. The zero-order valence-electron chi connectivity index (χ0n) is 13.3. The fraction of sp³-hybridized carbons (Fsp3) is 0.929. The SMILES string of the molecule is [B][C@@H]1O[C@H](CC)C(OP(C)OCC[N+]#[C-])[C@@H]1OC(C)CC. The molecule has 1 fully saturated rings. The number of ether oxygens (including phenoxy) is 2. The highest BCUT2D eigenvalue weighted by atomic mass is 31.2. The molecular weight excluding hydrogens is 288 g/mol. The van der Waals surface area contributed by atoms with Gasteiger partial charge in [0.25, 0.3) is 0 Å². The van der Waals surface area contributed by atoms with Gasteiger partial charge in [0, 0.05) is 12.7 Å². The Bertz CT molecular complexity index is 341. The van der Waals surface area contributed by atoms with Crippen molar-refractivity contribution in [3.8, 4) is 0 Å². The van der Waals surface area contributed by atoms with E-state index in [4.69, 9.17) is 32.9 Å². The van der Waals surface area contributed by atoms with Crippen LogP contribution in [-0.2, 0) is 18.5 Å². The summed E-state index contributed by atoms with van der Waals surface area (Å²) in [5.41, 5.74) is 0. The van der Waals surface area contributed by atoms with Crippen LogP contribution < -0.4 is 0 Å². The van der Waals surface area contributed by atoms with Crippen molar-refractivity contribution in [2.24, 2.45) is 0 Å². The first kappa shape index (κ1) is 18.9. The van der Waals surface area contributed by atoms with Crippen molar-refractivity contribution in [2.75, 3.05) is 19.8 Å². The predicted octanol–water partition coefficient (Wildman–Crippen LogP) is 2.74. The van der Waals surface area contributed by atoms with Gasteiger partial charge in [-0.1, -0.05) is 13.8 Å². The van der Waals surface area contributed by atoms with Gasteiger partial charge in [-0.05, 0) is 19.8 Å². The summed E-state index contributed by atoms with van der Waals surface area (Å²) in [6, 6.07) is -0.472. The third-order valence-corrected chi connectivity index (χ3v) is 4.55. The van der Waals surface area contributed by atoms with Crippen LogP contribution in [0.1, 0.15) is 33.6 Å². The summed E-state index contributed by atoms with van der Waals surface area (Å²) in [6.45, 7) is 15.5. The highest BCUT2D eigenvalue weighted by molar-refractivity contribution is 7.46. The molecule has 1 heterocycles. The lowest BCUT2D eigenvalue weighted by Crippen LogP contribution is -2.38. The lowest BCUT2D eigenvalue weighted by Gasteiger charge is -2.28. The summed E-state index contributed by atoms with van der Waals surface area (Å²) in [7, 11) is 4.97. The number of hydrogen-bond donors (Lipinski definition) is 0. The molecule has 0 amide bonds. The van der Waals surface area contributed by atoms with E-state index < -0.39 is 14.4 Å². The first-order chi connectivity index (χ1) is 10.0. The molecule has 0 aromatic carbocycles. The summed E-state index contributed by atoms with van der Waals surface area (Å²) in [5.74, 6) is 0. The van der Waals surface area contributed by atoms with Crippen molar-refractivity contribution in [3.05, 3.63) is 11.4 Å². The van der Waals surface area contributed by atoms with Crippen LogP contribution in [0.3, 0.4) is 0 Å². The Labute approximate surface area is 130 Å². The maximum absolute atomic E-state index is 6.74. The molecule has 0 N–H and O–H groups in total. The van der Waals surface area contributed by atoms with E-state index in [0.29, 0.717) is 13.2 Å². The quantitative estimate of drug-likeness (QED) is 0.284. The molecule has 21 heavy (non-hydrogen) atoms. The zero-order valence-corrected chi connectivity index (χ0v) is 14.2.